The number of rotatable bonds is 5. The topological polar surface area (TPSA) is 53.7 Å². The summed E-state index contributed by atoms with van der Waals surface area (Å²) in [6.07, 6.45) is 11.0. The molecule has 1 aliphatic heterocycles. The Balaban J connectivity index is 1.80. The second-order valence-electron chi connectivity index (χ2n) is 5.71. The molecule has 2 N–H and O–H groups in total. The number of ether oxygens (including phenoxy) is 3. The first kappa shape index (κ1) is 17.6. The van der Waals surface area contributed by atoms with E-state index in [1.165, 1.54) is 12.5 Å². The molecule has 0 radical (unpaired) electrons. The van der Waals surface area contributed by atoms with E-state index in [4.69, 9.17) is 31.5 Å². The van der Waals surface area contributed by atoms with Crippen LogP contribution in [0.15, 0.2) is 60.2 Å². The molecule has 1 heterocycles. The van der Waals surface area contributed by atoms with Crippen LogP contribution < -0.4 is 10.5 Å². The van der Waals surface area contributed by atoms with Crippen molar-refractivity contribution in [3.05, 3.63) is 76.6 Å². The Morgan fingerprint density at radius 2 is 2.20 bits per heavy atom. The molecule has 1 aromatic rings. The van der Waals surface area contributed by atoms with Gasteiger partial charge in [-0.15, -0.1) is 0 Å². The van der Waals surface area contributed by atoms with E-state index in [1.807, 2.05) is 19.1 Å². The van der Waals surface area contributed by atoms with Crippen LogP contribution in [-0.2, 0) is 9.47 Å². The molecule has 0 aromatic heterocycles. The summed E-state index contributed by atoms with van der Waals surface area (Å²) < 4.78 is 31.2. The van der Waals surface area contributed by atoms with Gasteiger partial charge in [0.2, 0.25) is 0 Å². The predicted octanol–water partition coefficient (Wildman–Crippen LogP) is 5.23. The summed E-state index contributed by atoms with van der Waals surface area (Å²) in [4.78, 5) is 0. The van der Waals surface area contributed by atoms with Crippen LogP contribution in [0.3, 0.4) is 0 Å². The van der Waals surface area contributed by atoms with Crippen molar-refractivity contribution in [2.45, 2.75) is 32.2 Å². The fourth-order valence-electron chi connectivity index (χ4n) is 2.55. The zero-order valence-corrected chi connectivity index (χ0v) is 14.6. The van der Waals surface area contributed by atoms with Crippen LogP contribution >= 0.6 is 11.6 Å². The molecule has 0 fully saturated rings. The first-order chi connectivity index (χ1) is 12.1. The zero-order valence-electron chi connectivity index (χ0n) is 13.8. The Bertz CT molecular complexity index is 783. The number of allylic oxidation sites excluding steroid dienone is 4. The minimum atomic E-state index is -0.595. The van der Waals surface area contributed by atoms with E-state index in [9.17, 15) is 4.39 Å². The SMILES string of the molecule is CC[C@@H](N)c1ccc(Cl)c(OC2=COC=C(C3=CC=CCC3)O2)c1F. The summed E-state index contributed by atoms with van der Waals surface area (Å²) in [5.74, 6) is -0.185. The quantitative estimate of drug-likeness (QED) is 0.778. The van der Waals surface area contributed by atoms with Crippen molar-refractivity contribution in [2.24, 2.45) is 5.73 Å². The summed E-state index contributed by atoms with van der Waals surface area (Å²) in [6.45, 7) is 1.88. The normalized spacial score (nSPS) is 17.7. The Morgan fingerprint density at radius 3 is 2.92 bits per heavy atom. The van der Waals surface area contributed by atoms with Gasteiger partial charge in [-0.25, -0.2) is 4.39 Å². The maximum atomic E-state index is 14.7. The predicted molar refractivity (Wildman–Crippen MR) is 94.1 cm³/mol. The number of halogens is 2. The maximum Gasteiger partial charge on any atom is 0.327 e. The van der Waals surface area contributed by atoms with E-state index in [0.717, 1.165) is 18.4 Å². The smallest absolute Gasteiger partial charge is 0.327 e. The lowest BCUT2D eigenvalue weighted by Crippen LogP contribution is -2.13. The molecule has 0 amide bonds. The Morgan fingerprint density at radius 1 is 1.36 bits per heavy atom. The van der Waals surface area contributed by atoms with E-state index in [0.29, 0.717) is 17.7 Å². The monoisotopic (exact) mass is 363 g/mol. The van der Waals surface area contributed by atoms with Gasteiger partial charge in [-0.1, -0.05) is 42.8 Å². The van der Waals surface area contributed by atoms with Crippen LogP contribution in [0.2, 0.25) is 5.02 Å². The van der Waals surface area contributed by atoms with E-state index >= 15 is 0 Å². The summed E-state index contributed by atoms with van der Waals surface area (Å²) >= 11 is 6.09. The highest BCUT2D eigenvalue weighted by Crippen LogP contribution is 2.35. The average molecular weight is 364 g/mol. The van der Waals surface area contributed by atoms with Crippen LogP contribution in [0.5, 0.6) is 5.75 Å². The Labute approximate surface area is 151 Å². The molecule has 1 aromatic carbocycles. The summed E-state index contributed by atoms with van der Waals surface area (Å²) in [6, 6.07) is 2.68. The van der Waals surface area contributed by atoms with E-state index < -0.39 is 11.9 Å². The highest BCUT2D eigenvalue weighted by Gasteiger charge is 2.22. The second kappa shape index (κ2) is 7.76. The first-order valence-corrected chi connectivity index (χ1v) is 8.49. The number of hydrogen-bond acceptors (Lipinski definition) is 4. The molecule has 0 saturated heterocycles. The molecule has 4 nitrogen and oxygen atoms in total. The fraction of sp³-hybridized carbons (Fsp3) is 0.263. The van der Waals surface area contributed by atoms with Crippen molar-refractivity contribution in [1.29, 1.82) is 0 Å². The zero-order chi connectivity index (χ0) is 17.8. The van der Waals surface area contributed by atoms with Gasteiger partial charge in [0.15, 0.2) is 23.6 Å². The lowest BCUT2D eigenvalue weighted by atomic mass is 10.0. The molecular weight excluding hydrogens is 345 g/mol. The third-order valence-electron chi connectivity index (χ3n) is 4.00. The Hall–Kier alpha value is -2.24. The molecule has 6 heteroatoms. The van der Waals surface area contributed by atoms with E-state index in [1.54, 1.807) is 12.1 Å². The second-order valence-corrected chi connectivity index (χ2v) is 6.12. The van der Waals surface area contributed by atoms with E-state index in [2.05, 4.69) is 6.08 Å². The van der Waals surface area contributed by atoms with Gasteiger partial charge >= 0.3 is 5.95 Å². The van der Waals surface area contributed by atoms with Crippen molar-refractivity contribution >= 4 is 11.6 Å². The van der Waals surface area contributed by atoms with Crippen molar-refractivity contribution in [3.8, 4) is 5.75 Å². The third kappa shape index (κ3) is 3.89. The van der Waals surface area contributed by atoms with Gasteiger partial charge in [-0.3, -0.25) is 0 Å². The molecule has 1 aliphatic carbocycles. The molecule has 0 spiro atoms. The standard InChI is InChI=1S/C19H19ClFNO3/c1-2-15(22)13-8-9-14(20)19(18(13)21)25-17-11-23-10-16(24-17)12-6-4-3-5-7-12/h3-4,6,8-11,15H,2,5,7,22H2,1H3/t15-/m1/s1. The lowest BCUT2D eigenvalue weighted by molar-refractivity contribution is 0.118. The number of benzene rings is 1. The molecule has 2 aliphatic rings. The fourth-order valence-corrected chi connectivity index (χ4v) is 2.73. The summed E-state index contributed by atoms with van der Waals surface area (Å²) in [5.41, 5.74) is 7.25. The van der Waals surface area contributed by atoms with Crippen LogP contribution in [0.4, 0.5) is 4.39 Å². The number of hydrogen-bond donors (Lipinski definition) is 1. The highest BCUT2D eigenvalue weighted by molar-refractivity contribution is 6.32. The van der Waals surface area contributed by atoms with Gasteiger partial charge in [0.25, 0.3) is 0 Å². The Kier molecular flexibility index (Phi) is 5.46. The third-order valence-corrected chi connectivity index (χ3v) is 4.30. The minimum absolute atomic E-state index is 0.0102. The van der Waals surface area contributed by atoms with Crippen LogP contribution in [0.25, 0.3) is 0 Å². The van der Waals surface area contributed by atoms with Crippen molar-refractivity contribution in [2.75, 3.05) is 0 Å². The maximum absolute atomic E-state index is 14.7. The molecule has 25 heavy (non-hydrogen) atoms. The van der Waals surface area contributed by atoms with Gasteiger partial charge in [0, 0.05) is 11.6 Å². The van der Waals surface area contributed by atoms with Crippen molar-refractivity contribution < 1.29 is 18.6 Å². The lowest BCUT2D eigenvalue weighted by Gasteiger charge is -2.20. The average Bonchev–Trinajstić information content (AvgIpc) is 2.65. The number of nitrogens with two attached hydrogens (primary N) is 1. The summed E-state index contributed by atoms with van der Waals surface area (Å²) in [5, 5.41) is 0.130. The molecule has 0 unspecified atom stereocenters. The largest absolute Gasteiger partial charge is 0.461 e. The van der Waals surface area contributed by atoms with Gasteiger partial charge in [-0.2, -0.15) is 0 Å². The van der Waals surface area contributed by atoms with Crippen LogP contribution in [-0.4, -0.2) is 0 Å². The molecule has 132 valence electrons. The van der Waals surface area contributed by atoms with Crippen molar-refractivity contribution in [3.63, 3.8) is 0 Å². The van der Waals surface area contributed by atoms with Gasteiger partial charge in [0.1, 0.15) is 6.26 Å². The molecule has 0 bridgehead atoms. The summed E-state index contributed by atoms with van der Waals surface area (Å²) in [7, 11) is 0. The van der Waals surface area contributed by atoms with Gasteiger partial charge < -0.3 is 19.9 Å². The first-order valence-electron chi connectivity index (χ1n) is 8.11. The van der Waals surface area contributed by atoms with Crippen molar-refractivity contribution in [1.82, 2.24) is 0 Å². The van der Waals surface area contributed by atoms with Crippen LogP contribution in [0.1, 0.15) is 37.8 Å². The molecule has 0 saturated carbocycles. The molecular formula is C19H19ClFNO3. The molecule has 3 rings (SSSR count). The van der Waals surface area contributed by atoms with Gasteiger partial charge in [-0.05, 0) is 30.9 Å². The molecule has 1 atom stereocenters. The van der Waals surface area contributed by atoms with Gasteiger partial charge in [0.05, 0.1) is 5.02 Å². The van der Waals surface area contributed by atoms with E-state index in [-0.39, 0.29) is 16.7 Å². The highest BCUT2D eigenvalue weighted by atomic mass is 35.5. The van der Waals surface area contributed by atoms with Crippen LogP contribution in [0, 0.1) is 5.82 Å². The minimum Gasteiger partial charge on any atom is -0.461 e.